The van der Waals surface area contributed by atoms with Gasteiger partial charge in [-0.15, -0.1) is 0 Å². The molecule has 2 aromatic rings. The first-order valence-corrected chi connectivity index (χ1v) is 5.11. The van der Waals surface area contributed by atoms with E-state index < -0.39 is 0 Å². The number of aromatic nitrogens is 2. The molecule has 4 nitrogen and oxygen atoms in total. The van der Waals surface area contributed by atoms with E-state index in [0.717, 1.165) is 11.3 Å². The van der Waals surface area contributed by atoms with Gasteiger partial charge in [0.15, 0.2) is 0 Å². The van der Waals surface area contributed by atoms with Crippen LogP contribution in [0.1, 0.15) is 6.92 Å². The predicted octanol–water partition coefficient (Wildman–Crippen LogP) is 2.12. The summed E-state index contributed by atoms with van der Waals surface area (Å²) in [7, 11) is 0. The molecule has 0 saturated carbocycles. The van der Waals surface area contributed by atoms with E-state index >= 15 is 0 Å². The van der Waals surface area contributed by atoms with E-state index in [1.54, 1.807) is 12.4 Å². The zero-order valence-electron chi connectivity index (χ0n) is 9.05. The molecule has 0 aliphatic rings. The summed E-state index contributed by atoms with van der Waals surface area (Å²) in [5, 5.41) is 0. The number of ether oxygens (including phenoxy) is 1. The van der Waals surface area contributed by atoms with Gasteiger partial charge in [-0.1, -0.05) is 12.1 Å². The lowest BCUT2D eigenvalue weighted by Crippen LogP contribution is -1.99. The van der Waals surface area contributed by atoms with Crippen molar-refractivity contribution in [2.75, 3.05) is 12.3 Å². The Labute approximate surface area is 94.1 Å². The second kappa shape index (κ2) is 4.61. The number of hydrogen-bond donors (Lipinski definition) is 1. The van der Waals surface area contributed by atoms with Gasteiger partial charge >= 0.3 is 0 Å². The Kier molecular flexibility index (Phi) is 3.00. The Bertz CT molecular complexity index is 485. The summed E-state index contributed by atoms with van der Waals surface area (Å²) >= 11 is 0. The highest BCUT2D eigenvalue weighted by Crippen LogP contribution is 2.30. The first-order valence-electron chi connectivity index (χ1n) is 5.11. The summed E-state index contributed by atoms with van der Waals surface area (Å²) in [6, 6.07) is 7.66. The van der Waals surface area contributed by atoms with Gasteiger partial charge in [0, 0.05) is 18.0 Å². The lowest BCUT2D eigenvalue weighted by atomic mass is 10.1. The van der Waals surface area contributed by atoms with Gasteiger partial charge < -0.3 is 10.5 Å². The second-order valence-electron chi connectivity index (χ2n) is 3.22. The monoisotopic (exact) mass is 215 g/mol. The molecule has 0 amide bonds. The lowest BCUT2D eigenvalue weighted by molar-refractivity contribution is 0.341. The molecule has 0 atom stereocenters. The quantitative estimate of drug-likeness (QED) is 0.851. The third-order valence-corrected chi connectivity index (χ3v) is 2.17. The minimum atomic E-state index is 0.412. The number of hydrogen-bond acceptors (Lipinski definition) is 4. The molecule has 0 spiro atoms. The first kappa shape index (κ1) is 10.4. The van der Waals surface area contributed by atoms with Crippen LogP contribution in [0.15, 0.2) is 36.7 Å². The highest BCUT2D eigenvalue weighted by Gasteiger charge is 2.09. The van der Waals surface area contributed by atoms with Crippen molar-refractivity contribution in [1.29, 1.82) is 0 Å². The molecule has 1 aromatic heterocycles. The lowest BCUT2D eigenvalue weighted by Gasteiger charge is -2.10. The van der Waals surface area contributed by atoms with Gasteiger partial charge in [0.05, 0.1) is 6.61 Å². The highest BCUT2D eigenvalue weighted by atomic mass is 16.5. The van der Waals surface area contributed by atoms with Crippen LogP contribution in [0.5, 0.6) is 5.75 Å². The molecule has 16 heavy (non-hydrogen) atoms. The fourth-order valence-corrected chi connectivity index (χ4v) is 1.50. The van der Waals surface area contributed by atoms with E-state index in [1.807, 2.05) is 31.2 Å². The zero-order chi connectivity index (χ0) is 11.4. The second-order valence-corrected chi connectivity index (χ2v) is 3.22. The molecular weight excluding hydrogens is 202 g/mol. The van der Waals surface area contributed by atoms with Crippen LogP contribution in [-0.4, -0.2) is 16.6 Å². The van der Waals surface area contributed by atoms with Gasteiger partial charge in [-0.05, 0) is 19.1 Å². The Hall–Kier alpha value is -2.10. The molecule has 2 rings (SSSR count). The Morgan fingerprint density at radius 3 is 2.69 bits per heavy atom. The van der Waals surface area contributed by atoms with Gasteiger partial charge in [0.2, 0.25) is 0 Å². The van der Waals surface area contributed by atoms with Crippen LogP contribution in [0.2, 0.25) is 0 Å². The highest BCUT2D eigenvalue weighted by molar-refractivity contribution is 5.74. The summed E-state index contributed by atoms with van der Waals surface area (Å²) in [5.41, 5.74) is 7.32. The maximum absolute atomic E-state index is 5.79. The first-order chi connectivity index (χ1) is 7.83. The molecule has 0 fully saturated rings. The predicted molar refractivity (Wildman–Crippen MR) is 63.0 cm³/mol. The molecule has 0 saturated heterocycles. The summed E-state index contributed by atoms with van der Waals surface area (Å²) < 4.78 is 5.52. The number of anilines is 1. The van der Waals surface area contributed by atoms with Gasteiger partial charge in [0.25, 0.3) is 0 Å². The maximum atomic E-state index is 5.79. The van der Waals surface area contributed by atoms with E-state index in [1.165, 1.54) is 0 Å². The standard InChI is InChI=1S/C12H13N3O/c1-2-16-10-6-4-3-5-9(10)11-12(13)15-8-7-14-11/h3-8H,2H2,1H3,(H2,13,15). The van der Waals surface area contributed by atoms with Crippen LogP contribution in [-0.2, 0) is 0 Å². The molecule has 2 N–H and O–H groups in total. The Morgan fingerprint density at radius 1 is 1.19 bits per heavy atom. The van der Waals surface area contributed by atoms with Crippen LogP contribution in [0, 0.1) is 0 Å². The average Bonchev–Trinajstić information content (AvgIpc) is 2.31. The van der Waals surface area contributed by atoms with E-state index in [2.05, 4.69) is 9.97 Å². The molecular formula is C12H13N3O. The van der Waals surface area contributed by atoms with Crippen molar-refractivity contribution >= 4 is 5.82 Å². The van der Waals surface area contributed by atoms with E-state index in [0.29, 0.717) is 18.1 Å². The van der Waals surface area contributed by atoms with E-state index in [-0.39, 0.29) is 0 Å². The molecule has 0 unspecified atom stereocenters. The molecule has 82 valence electrons. The fourth-order valence-electron chi connectivity index (χ4n) is 1.50. The smallest absolute Gasteiger partial charge is 0.150 e. The Morgan fingerprint density at radius 2 is 1.94 bits per heavy atom. The van der Waals surface area contributed by atoms with Gasteiger partial charge in [-0.2, -0.15) is 0 Å². The van der Waals surface area contributed by atoms with Crippen molar-refractivity contribution < 1.29 is 4.74 Å². The summed E-state index contributed by atoms with van der Waals surface area (Å²) in [6.45, 7) is 2.55. The van der Waals surface area contributed by atoms with E-state index in [9.17, 15) is 0 Å². The molecule has 0 aliphatic carbocycles. The zero-order valence-corrected chi connectivity index (χ0v) is 9.05. The van der Waals surface area contributed by atoms with Crippen LogP contribution in [0.4, 0.5) is 5.82 Å². The van der Waals surface area contributed by atoms with Crippen LogP contribution < -0.4 is 10.5 Å². The molecule has 1 aromatic carbocycles. The third-order valence-electron chi connectivity index (χ3n) is 2.17. The molecule has 1 heterocycles. The Balaban J connectivity index is 2.51. The van der Waals surface area contributed by atoms with Crippen molar-refractivity contribution in [1.82, 2.24) is 9.97 Å². The minimum Gasteiger partial charge on any atom is -0.493 e. The SMILES string of the molecule is CCOc1ccccc1-c1nccnc1N. The fraction of sp³-hybridized carbons (Fsp3) is 0.167. The summed E-state index contributed by atoms with van der Waals surface area (Å²) in [4.78, 5) is 8.24. The summed E-state index contributed by atoms with van der Waals surface area (Å²) in [5.74, 6) is 1.19. The number of para-hydroxylation sites is 1. The van der Waals surface area contributed by atoms with Gasteiger partial charge in [-0.25, -0.2) is 4.98 Å². The molecule has 0 radical (unpaired) electrons. The number of nitrogens with two attached hydrogens (primary N) is 1. The average molecular weight is 215 g/mol. The number of nitrogen functional groups attached to an aromatic ring is 1. The van der Waals surface area contributed by atoms with Crippen LogP contribution in [0.25, 0.3) is 11.3 Å². The van der Waals surface area contributed by atoms with Crippen LogP contribution >= 0.6 is 0 Å². The largest absolute Gasteiger partial charge is 0.493 e. The van der Waals surface area contributed by atoms with Crippen LogP contribution in [0.3, 0.4) is 0 Å². The number of benzene rings is 1. The molecule has 0 aliphatic heterocycles. The third kappa shape index (κ3) is 1.95. The van der Waals surface area contributed by atoms with Crippen molar-refractivity contribution in [3.05, 3.63) is 36.7 Å². The van der Waals surface area contributed by atoms with Crippen molar-refractivity contribution in [3.63, 3.8) is 0 Å². The van der Waals surface area contributed by atoms with E-state index in [4.69, 9.17) is 10.5 Å². The topological polar surface area (TPSA) is 61.0 Å². The van der Waals surface area contributed by atoms with Crippen molar-refractivity contribution in [2.24, 2.45) is 0 Å². The number of rotatable bonds is 3. The minimum absolute atomic E-state index is 0.412. The van der Waals surface area contributed by atoms with Crippen molar-refractivity contribution in [3.8, 4) is 17.0 Å². The van der Waals surface area contributed by atoms with Gasteiger partial charge in [0.1, 0.15) is 17.3 Å². The van der Waals surface area contributed by atoms with Gasteiger partial charge in [-0.3, -0.25) is 4.98 Å². The van der Waals surface area contributed by atoms with Crippen molar-refractivity contribution in [2.45, 2.75) is 6.92 Å². The molecule has 4 heteroatoms. The maximum Gasteiger partial charge on any atom is 0.150 e. The molecule has 0 bridgehead atoms. The number of nitrogens with zero attached hydrogens (tertiary/aromatic N) is 2. The normalized spacial score (nSPS) is 10.1. The summed E-state index contributed by atoms with van der Waals surface area (Å²) in [6.07, 6.45) is 3.19.